The van der Waals surface area contributed by atoms with Gasteiger partial charge in [0, 0.05) is 16.6 Å². The van der Waals surface area contributed by atoms with Gasteiger partial charge in [-0.3, -0.25) is 4.90 Å². The Morgan fingerprint density at radius 1 is 1.00 bits per heavy atom. The maximum atomic E-state index is 5.93. The van der Waals surface area contributed by atoms with E-state index in [-0.39, 0.29) is 0 Å². The molecule has 2 rings (SSSR count). The smallest absolute Gasteiger partial charge is 0.0424 e. The van der Waals surface area contributed by atoms with Crippen LogP contribution in [0.2, 0.25) is 10.0 Å². The molecule has 0 aromatic heterocycles. The molecule has 1 aliphatic rings. The number of likely N-dealkylation sites (tertiary alicyclic amines) is 1. The average Bonchev–Trinajstić information content (AvgIpc) is 2.54. The van der Waals surface area contributed by atoms with Gasteiger partial charge in [0.05, 0.1) is 0 Å². The minimum absolute atomic E-state index is 0.728. The normalized spacial score (nSPS) is 17.6. The highest BCUT2D eigenvalue weighted by molar-refractivity contribution is 6.34. The first-order valence-corrected chi connectivity index (χ1v) is 5.67. The molecule has 0 atom stereocenters. The van der Waals surface area contributed by atoms with Crippen molar-refractivity contribution in [1.82, 2.24) is 4.90 Å². The first-order chi connectivity index (χ1) is 6.74. The van der Waals surface area contributed by atoms with Gasteiger partial charge in [0.2, 0.25) is 0 Å². The Hall–Kier alpha value is -0.240. The van der Waals surface area contributed by atoms with Gasteiger partial charge in [0.15, 0.2) is 0 Å². The van der Waals surface area contributed by atoms with Gasteiger partial charge in [0.1, 0.15) is 0 Å². The summed E-state index contributed by atoms with van der Waals surface area (Å²) in [6.45, 7) is 3.37. The largest absolute Gasteiger partial charge is 0.299 e. The Kier molecular flexibility index (Phi) is 3.32. The van der Waals surface area contributed by atoms with Gasteiger partial charge in [-0.25, -0.2) is 0 Å². The molecular formula is C11H13Cl2N. The lowest BCUT2D eigenvalue weighted by molar-refractivity contribution is 0.331. The second-order valence-electron chi connectivity index (χ2n) is 3.76. The molecule has 76 valence electrons. The molecule has 0 spiro atoms. The Balaban J connectivity index is 2.07. The minimum atomic E-state index is 0.728. The summed E-state index contributed by atoms with van der Waals surface area (Å²) in [5, 5.41) is 1.46. The molecule has 1 nitrogen and oxygen atoms in total. The monoisotopic (exact) mass is 229 g/mol. The van der Waals surface area contributed by atoms with Crippen molar-refractivity contribution in [3.05, 3.63) is 33.8 Å². The zero-order valence-electron chi connectivity index (χ0n) is 7.97. The number of rotatable bonds is 2. The van der Waals surface area contributed by atoms with E-state index in [0.717, 1.165) is 16.6 Å². The second-order valence-corrected chi connectivity index (χ2v) is 4.63. The van der Waals surface area contributed by atoms with Crippen LogP contribution in [-0.2, 0) is 6.54 Å². The van der Waals surface area contributed by atoms with Crippen LogP contribution in [0.4, 0.5) is 0 Å². The molecule has 1 aromatic carbocycles. The predicted octanol–water partition coefficient (Wildman–Crippen LogP) is 3.59. The van der Waals surface area contributed by atoms with Gasteiger partial charge >= 0.3 is 0 Å². The van der Waals surface area contributed by atoms with Crippen molar-refractivity contribution in [3.63, 3.8) is 0 Å². The van der Waals surface area contributed by atoms with Crippen LogP contribution in [0, 0.1) is 0 Å². The molecule has 1 saturated heterocycles. The summed E-state index contributed by atoms with van der Waals surface area (Å²) in [5.41, 5.74) is 1.21. The van der Waals surface area contributed by atoms with Crippen molar-refractivity contribution in [2.45, 2.75) is 19.4 Å². The Morgan fingerprint density at radius 3 is 2.14 bits per heavy atom. The Morgan fingerprint density at radius 2 is 1.57 bits per heavy atom. The highest BCUT2D eigenvalue weighted by Crippen LogP contribution is 2.21. The van der Waals surface area contributed by atoms with E-state index in [2.05, 4.69) is 4.90 Å². The molecule has 1 aromatic rings. The topological polar surface area (TPSA) is 3.24 Å². The molecule has 1 heterocycles. The van der Waals surface area contributed by atoms with Crippen molar-refractivity contribution >= 4 is 23.2 Å². The third kappa shape index (κ3) is 2.63. The van der Waals surface area contributed by atoms with E-state index < -0.39 is 0 Å². The van der Waals surface area contributed by atoms with Crippen molar-refractivity contribution in [3.8, 4) is 0 Å². The molecule has 1 aliphatic heterocycles. The number of halogens is 2. The first-order valence-electron chi connectivity index (χ1n) is 4.91. The fourth-order valence-electron chi connectivity index (χ4n) is 1.90. The van der Waals surface area contributed by atoms with E-state index in [1.807, 2.05) is 12.1 Å². The van der Waals surface area contributed by atoms with Crippen molar-refractivity contribution in [2.24, 2.45) is 0 Å². The van der Waals surface area contributed by atoms with Gasteiger partial charge in [-0.2, -0.15) is 0 Å². The van der Waals surface area contributed by atoms with Crippen LogP contribution in [0.3, 0.4) is 0 Å². The summed E-state index contributed by atoms with van der Waals surface area (Å²) in [6.07, 6.45) is 2.63. The fourth-order valence-corrected chi connectivity index (χ4v) is 2.47. The summed E-state index contributed by atoms with van der Waals surface area (Å²) >= 11 is 11.9. The summed E-state index contributed by atoms with van der Waals surface area (Å²) in [4.78, 5) is 2.43. The molecule has 0 saturated carbocycles. The number of nitrogens with zero attached hydrogens (tertiary/aromatic N) is 1. The van der Waals surface area contributed by atoms with Crippen LogP contribution in [-0.4, -0.2) is 18.0 Å². The zero-order chi connectivity index (χ0) is 9.97. The number of hydrogen-bond acceptors (Lipinski definition) is 1. The van der Waals surface area contributed by atoms with Gasteiger partial charge in [-0.05, 0) is 49.7 Å². The lowest BCUT2D eigenvalue weighted by atomic mass is 10.2. The zero-order valence-corrected chi connectivity index (χ0v) is 9.48. The van der Waals surface area contributed by atoms with Crippen LogP contribution in [0.25, 0.3) is 0 Å². The lowest BCUT2D eigenvalue weighted by Crippen LogP contribution is -2.18. The van der Waals surface area contributed by atoms with Gasteiger partial charge in [-0.15, -0.1) is 0 Å². The Bertz CT molecular complexity index is 299. The highest BCUT2D eigenvalue weighted by Gasteiger charge is 2.11. The third-order valence-electron chi connectivity index (χ3n) is 2.53. The molecule has 3 heteroatoms. The van der Waals surface area contributed by atoms with Crippen LogP contribution >= 0.6 is 23.2 Å². The van der Waals surface area contributed by atoms with E-state index in [1.165, 1.54) is 31.5 Å². The molecular weight excluding hydrogens is 217 g/mol. The summed E-state index contributed by atoms with van der Waals surface area (Å²) in [6, 6.07) is 5.76. The fraction of sp³-hybridized carbons (Fsp3) is 0.455. The summed E-state index contributed by atoms with van der Waals surface area (Å²) in [5.74, 6) is 0. The number of benzene rings is 1. The standard InChI is InChI=1S/C11H13Cl2N/c12-10-5-9(6-11(13)7-10)8-14-3-1-2-4-14/h5-7H,1-4,8H2. The molecule has 14 heavy (non-hydrogen) atoms. The second kappa shape index (κ2) is 4.52. The molecule has 0 radical (unpaired) electrons. The van der Waals surface area contributed by atoms with Gasteiger partial charge in [0.25, 0.3) is 0 Å². The van der Waals surface area contributed by atoms with Gasteiger partial charge < -0.3 is 0 Å². The average molecular weight is 230 g/mol. The SMILES string of the molecule is Clc1cc(Cl)cc(CN2CCCC2)c1. The van der Waals surface area contributed by atoms with E-state index in [9.17, 15) is 0 Å². The molecule has 0 bridgehead atoms. The van der Waals surface area contributed by atoms with Crippen molar-refractivity contribution in [2.75, 3.05) is 13.1 Å². The van der Waals surface area contributed by atoms with E-state index >= 15 is 0 Å². The predicted molar refractivity (Wildman–Crippen MR) is 61.0 cm³/mol. The van der Waals surface area contributed by atoms with Crippen LogP contribution in [0.1, 0.15) is 18.4 Å². The molecule has 0 N–H and O–H groups in total. The first kappa shape index (κ1) is 10.3. The maximum absolute atomic E-state index is 5.93. The van der Waals surface area contributed by atoms with Gasteiger partial charge in [-0.1, -0.05) is 23.2 Å². The molecule has 0 amide bonds. The summed E-state index contributed by atoms with van der Waals surface area (Å²) in [7, 11) is 0. The lowest BCUT2D eigenvalue weighted by Gasteiger charge is -2.14. The van der Waals surface area contributed by atoms with Crippen LogP contribution in [0.5, 0.6) is 0 Å². The molecule has 0 aliphatic carbocycles. The van der Waals surface area contributed by atoms with Crippen molar-refractivity contribution in [1.29, 1.82) is 0 Å². The van der Waals surface area contributed by atoms with Crippen LogP contribution < -0.4 is 0 Å². The van der Waals surface area contributed by atoms with Crippen molar-refractivity contribution < 1.29 is 0 Å². The van der Waals surface area contributed by atoms with Crippen LogP contribution in [0.15, 0.2) is 18.2 Å². The summed E-state index contributed by atoms with van der Waals surface area (Å²) < 4.78 is 0. The quantitative estimate of drug-likeness (QED) is 0.750. The highest BCUT2D eigenvalue weighted by atomic mass is 35.5. The van der Waals surface area contributed by atoms with E-state index in [4.69, 9.17) is 23.2 Å². The molecule has 0 unspecified atom stereocenters. The molecule has 1 fully saturated rings. The maximum Gasteiger partial charge on any atom is 0.0424 e. The third-order valence-corrected chi connectivity index (χ3v) is 2.96. The number of hydrogen-bond donors (Lipinski definition) is 0. The Labute approximate surface area is 94.6 Å². The van der Waals surface area contributed by atoms with E-state index in [0.29, 0.717) is 0 Å². The minimum Gasteiger partial charge on any atom is -0.299 e. The van der Waals surface area contributed by atoms with E-state index in [1.54, 1.807) is 6.07 Å².